The Kier molecular flexibility index (Phi) is 10.3. The van der Waals surface area contributed by atoms with Gasteiger partial charge in [-0.15, -0.1) is 0 Å². The van der Waals surface area contributed by atoms with Crippen molar-refractivity contribution in [2.75, 3.05) is 32.7 Å². The lowest BCUT2D eigenvalue weighted by molar-refractivity contribution is -0.159. The average molecular weight is 660 g/mol. The van der Waals surface area contributed by atoms with Crippen LogP contribution in [-0.4, -0.2) is 83.0 Å². The number of carbonyl (C=O) groups is 4. The molecular weight excluding hydrogens is 610 g/mol. The summed E-state index contributed by atoms with van der Waals surface area (Å²) >= 11 is 0. The molecule has 10 nitrogen and oxygen atoms in total. The fourth-order valence-electron chi connectivity index (χ4n) is 7.65. The van der Waals surface area contributed by atoms with E-state index in [2.05, 4.69) is 6.07 Å². The molecule has 0 spiro atoms. The van der Waals surface area contributed by atoms with Gasteiger partial charge >= 0.3 is 12.1 Å². The number of amides is 3. The third-order valence-electron chi connectivity index (χ3n) is 10.0. The van der Waals surface area contributed by atoms with Crippen molar-refractivity contribution in [3.63, 3.8) is 0 Å². The molecule has 2 saturated heterocycles. The number of fused-ring (bicyclic) bond motifs is 1. The molecule has 2 aromatic rings. The van der Waals surface area contributed by atoms with Gasteiger partial charge in [-0.25, -0.2) is 4.79 Å². The highest BCUT2D eigenvalue weighted by molar-refractivity contribution is 5.86. The maximum Gasteiger partial charge on any atom is 0.410 e. The number of esters is 1. The van der Waals surface area contributed by atoms with Gasteiger partial charge in [0.25, 0.3) is 0 Å². The van der Waals surface area contributed by atoms with Gasteiger partial charge in [0.15, 0.2) is 0 Å². The van der Waals surface area contributed by atoms with E-state index < -0.39 is 23.5 Å². The zero-order valence-corrected chi connectivity index (χ0v) is 28.5. The second-order valence-corrected chi connectivity index (χ2v) is 14.6. The van der Waals surface area contributed by atoms with Crippen LogP contribution >= 0.6 is 0 Å². The van der Waals surface area contributed by atoms with E-state index in [1.54, 1.807) is 4.90 Å². The Labute approximate surface area is 283 Å². The molecule has 1 unspecified atom stereocenters. The predicted octanol–water partition coefficient (Wildman–Crippen LogP) is 5.67. The van der Waals surface area contributed by atoms with Crippen LogP contribution in [0.2, 0.25) is 0 Å². The van der Waals surface area contributed by atoms with Crippen LogP contribution in [-0.2, 0) is 36.9 Å². The first-order chi connectivity index (χ1) is 23.1. The zero-order chi connectivity index (χ0) is 33.8. The number of ether oxygens (including phenoxy) is 3. The molecule has 0 aromatic heterocycles. The topological polar surface area (TPSA) is 106 Å². The van der Waals surface area contributed by atoms with Crippen molar-refractivity contribution < 1.29 is 33.4 Å². The molecule has 1 saturated carbocycles. The van der Waals surface area contributed by atoms with E-state index in [1.165, 1.54) is 0 Å². The summed E-state index contributed by atoms with van der Waals surface area (Å²) in [4.78, 5) is 59.2. The summed E-state index contributed by atoms with van der Waals surface area (Å²) in [7, 11) is 0. The molecule has 0 radical (unpaired) electrons. The molecule has 1 aliphatic carbocycles. The minimum absolute atomic E-state index is 0.0505. The molecule has 2 aromatic carbocycles. The minimum atomic E-state index is -0.583. The normalized spacial score (nSPS) is 24.3. The molecule has 4 atom stereocenters. The molecule has 0 N–H and O–H groups in total. The summed E-state index contributed by atoms with van der Waals surface area (Å²) < 4.78 is 18.0. The van der Waals surface area contributed by atoms with Gasteiger partial charge in [0.05, 0.1) is 24.4 Å². The summed E-state index contributed by atoms with van der Waals surface area (Å²) in [6, 6.07) is 15.2. The number of likely N-dealkylation sites (tertiary alicyclic amines) is 2. The van der Waals surface area contributed by atoms with Crippen LogP contribution in [0.3, 0.4) is 0 Å². The zero-order valence-electron chi connectivity index (χ0n) is 28.5. The first-order valence-corrected chi connectivity index (χ1v) is 17.6. The molecule has 258 valence electrons. The molecular formula is C38H49N3O7. The van der Waals surface area contributed by atoms with Crippen LogP contribution in [0, 0.1) is 11.8 Å². The van der Waals surface area contributed by atoms with Crippen molar-refractivity contribution in [3.8, 4) is 5.75 Å². The molecule has 0 bridgehead atoms. The number of hydrogen-bond donors (Lipinski definition) is 0. The standard InChI is InChI=1S/C38H49N3O7/c1-38(2,3)48-37(45)40-21-19-28(23-40)47-32-16-9-13-27-18-22-41(31(34(27)32)24-39-20-10-17-33(39)42)35(43)29-14-7-8-15-30(29)36(44)46-25-26-11-5-4-6-12-26/h4-6,9,11-13,16,28-31H,7-8,10,14-15,17-25H2,1-3H3/t28?,29-,30+,31-/m1/s1. The molecule has 48 heavy (non-hydrogen) atoms. The van der Waals surface area contributed by atoms with Crippen LogP contribution < -0.4 is 4.74 Å². The molecule has 4 aliphatic rings. The lowest BCUT2D eigenvalue weighted by Gasteiger charge is -2.43. The minimum Gasteiger partial charge on any atom is -0.488 e. The summed E-state index contributed by atoms with van der Waals surface area (Å²) in [5.41, 5.74) is 2.35. The number of carbonyl (C=O) groups excluding carboxylic acids is 4. The van der Waals surface area contributed by atoms with Gasteiger partial charge in [-0.05, 0) is 63.6 Å². The van der Waals surface area contributed by atoms with E-state index in [0.717, 1.165) is 36.0 Å². The van der Waals surface area contributed by atoms with Crippen molar-refractivity contribution in [1.82, 2.24) is 14.7 Å². The molecule has 6 rings (SSSR count). The van der Waals surface area contributed by atoms with Gasteiger partial charge in [0.1, 0.15) is 24.1 Å². The van der Waals surface area contributed by atoms with Crippen LogP contribution in [0.1, 0.15) is 88.4 Å². The van der Waals surface area contributed by atoms with Crippen molar-refractivity contribution in [2.45, 2.75) is 96.5 Å². The highest BCUT2D eigenvalue weighted by atomic mass is 16.6. The Balaban J connectivity index is 1.23. The van der Waals surface area contributed by atoms with Gasteiger partial charge in [-0.3, -0.25) is 14.4 Å². The first-order valence-electron chi connectivity index (χ1n) is 17.6. The van der Waals surface area contributed by atoms with Crippen molar-refractivity contribution in [1.29, 1.82) is 0 Å². The fourth-order valence-corrected chi connectivity index (χ4v) is 7.65. The van der Waals surface area contributed by atoms with Crippen LogP contribution in [0.15, 0.2) is 48.5 Å². The van der Waals surface area contributed by atoms with Crippen molar-refractivity contribution in [3.05, 3.63) is 65.2 Å². The SMILES string of the molecule is CC(C)(C)OC(=O)N1CCC(Oc2cccc3c2[C@@H](CN2CCCC2=O)N(C(=O)[C@@H]2CCCC[C@@H]2C(=O)OCc2ccccc2)CC3)C1. The number of nitrogens with zero attached hydrogens (tertiary/aromatic N) is 3. The Morgan fingerprint density at radius 3 is 2.35 bits per heavy atom. The Hall–Kier alpha value is -4.08. The third-order valence-corrected chi connectivity index (χ3v) is 10.0. The average Bonchev–Trinajstić information content (AvgIpc) is 3.72. The number of rotatable bonds is 8. The fraction of sp³-hybridized carbons (Fsp3) is 0.579. The van der Waals surface area contributed by atoms with Gasteiger partial charge in [0, 0.05) is 44.6 Å². The summed E-state index contributed by atoms with van der Waals surface area (Å²) in [6.45, 7) is 8.22. The van der Waals surface area contributed by atoms with E-state index >= 15 is 0 Å². The van der Waals surface area contributed by atoms with E-state index in [1.807, 2.05) is 73.0 Å². The van der Waals surface area contributed by atoms with Gasteiger partial charge < -0.3 is 28.9 Å². The molecule has 3 heterocycles. The maximum absolute atomic E-state index is 14.6. The molecule has 3 fully saturated rings. The highest BCUT2D eigenvalue weighted by Crippen LogP contribution is 2.42. The second-order valence-electron chi connectivity index (χ2n) is 14.6. The largest absolute Gasteiger partial charge is 0.488 e. The number of hydrogen-bond acceptors (Lipinski definition) is 7. The van der Waals surface area contributed by atoms with Gasteiger partial charge in [-0.2, -0.15) is 0 Å². The smallest absolute Gasteiger partial charge is 0.410 e. The van der Waals surface area contributed by atoms with E-state index in [9.17, 15) is 19.2 Å². The highest BCUT2D eigenvalue weighted by Gasteiger charge is 2.44. The van der Waals surface area contributed by atoms with Crippen LogP contribution in [0.5, 0.6) is 5.75 Å². The van der Waals surface area contributed by atoms with E-state index in [-0.39, 0.29) is 36.6 Å². The second kappa shape index (κ2) is 14.6. The molecule has 3 aliphatic heterocycles. The Morgan fingerprint density at radius 2 is 1.62 bits per heavy atom. The lowest BCUT2D eigenvalue weighted by Crippen LogP contribution is -2.50. The van der Waals surface area contributed by atoms with Gasteiger partial charge in [-0.1, -0.05) is 55.3 Å². The Bertz CT molecular complexity index is 1490. The summed E-state index contributed by atoms with van der Waals surface area (Å²) in [5, 5.41) is 0. The predicted molar refractivity (Wildman–Crippen MR) is 179 cm³/mol. The van der Waals surface area contributed by atoms with Crippen molar-refractivity contribution in [2.24, 2.45) is 11.8 Å². The summed E-state index contributed by atoms with van der Waals surface area (Å²) in [6.07, 6.45) is 5.03. The monoisotopic (exact) mass is 659 g/mol. The van der Waals surface area contributed by atoms with Crippen LogP contribution in [0.4, 0.5) is 4.79 Å². The Morgan fingerprint density at radius 1 is 0.854 bits per heavy atom. The third kappa shape index (κ3) is 7.79. The van der Waals surface area contributed by atoms with Crippen molar-refractivity contribution >= 4 is 23.9 Å². The first kappa shape index (κ1) is 33.8. The molecule has 10 heteroatoms. The molecule has 3 amide bonds. The maximum atomic E-state index is 14.6. The lowest BCUT2D eigenvalue weighted by atomic mass is 9.77. The van der Waals surface area contributed by atoms with E-state index in [0.29, 0.717) is 70.6 Å². The number of benzene rings is 2. The van der Waals surface area contributed by atoms with Gasteiger partial charge in [0.2, 0.25) is 11.8 Å². The van der Waals surface area contributed by atoms with E-state index in [4.69, 9.17) is 14.2 Å². The quantitative estimate of drug-likeness (QED) is 0.336. The van der Waals surface area contributed by atoms with Crippen LogP contribution in [0.25, 0.3) is 0 Å². The summed E-state index contributed by atoms with van der Waals surface area (Å²) in [5.74, 6) is -0.581.